The molecule has 0 heterocycles. The molecule has 86 valence electrons. The van der Waals surface area contributed by atoms with Crippen LogP contribution in [0.3, 0.4) is 0 Å². The van der Waals surface area contributed by atoms with Gasteiger partial charge in [-0.2, -0.15) is 8.78 Å². The first-order valence-electron chi connectivity index (χ1n) is 5.43. The summed E-state index contributed by atoms with van der Waals surface area (Å²) in [7, 11) is 0. The Morgan fingerprint density at radius 3 is 1.53 bits per heavy atom. The number of hydrogen-bond donors (Lipinski definition) is 0. The number of halogens is 2. The first kappa shape index (κ1) is 11.6. The Bertz CT molecular complexity index is 495. The average Bonchev–Trinajstić information content (AvgIpc) is 2.29. The van der Waals surface area contributed by atoms with Crippen molar-refractivity contribution in [3.63, 3.8) is 0 Å². The molecule has 0 aliphatic heterocycles. The van der Waals surface area contributed by atoms with E-state index < -0.39 is 0 Å². The lowest BCUT2D eigenvalue weighted by Crippen LogP contribution is -1.91. The van der Waals surface area contributed by atoms with E-state index >= 15 is 0 Å². The minimum Gasteiger partial charge on any atom is -0.197 e. The van der Waals surface area contributed by atoms with Gasteiger partial charge in [0, 0.05) is 41.8 Å². The van der Waals surface area contributed by atoms with E-state index in [-0.39, 0.29) is 11.6 Å². The molecule has 0 N–H and O–H groups in total. The SMILES string of the molecule is Cc1ccc([CH+]c2ccc(C)c(F)c2)cc1F. The Morgan fingerprint density at radius 2 is 1.18 bits per heavy atom. The third kappa shape index (κ3) is 2.64. The summed E-state index contributed by atoms with van der Waals surface area (Å²) in [5.41, 5.74) is 2.68. The molecule has 2 rings (SSSR count). The van der Waals surface area contributed by atoms with Gasteiger partial charge in [-0.05, 0) is 26.0 Å². The van der Waals surface area contributed by atoms with Crippen molar-refractivity contribution in [2.45, 2.75) is 13.8 Å². The molecule has 0 aliphatic rings. The van der Waals surface area contributed by atoms with Gasteiger partial charge in [-0.1, -0.05) is 0 Å². The van der Waals surface area contributed by atoms with Crippen LogP contribution in [0.15, 0.2) is 36.4 Å². The first-order chi connectivity index (χ1) is 8.06. The molecule has 0 nitrogen and oxygen atoms in total. The summed E-state index contributed by atoms with van der Waals surface area (Å²) in [6, 6.07) is 9.96. The standard InChI is InChI=1S/C15H13F2/c1-10-3-5-12(8-14(10)16)7-13-6-4-11(2)15(17)9-13/h3-9H,1-2H3/q+1. The van der Waals surface area contributed by atoms with Gasteiger partial charge >= 0.3 is 0 Å². The highest BCUT2D eigenvalue weighted by Crippen LogP contribution is 2.17. The van der Waals surface area contributed by atoms with E-state index in [1.807, 2.05) is 12.1 Å². The second-order valence-corrected chi connectivity index (χ2v) is 4.16. The van der Waals surface area contributed by atoms with E-state index in [1.54, 1.807) is 32.4 Å². The van der Waals surface area contributed by atoms with Crippen molar-refractivity contribution in [1.82, 2.24) is 0 Å². The van der Waals surface area contributed by atoms with Crippen LogP contribution in [0.4, 0.5) is 8.78 Å². The van der Waals surface area contributed by atoms with Crippen LogP contribution in [-0.2, 0) is 0 Å². The lowest BCUT2D eigenvalue weighted by Gasteiger charge is -1.99. The predicted molar refractivity (Wildman–Crippen MR) is 64.8 cm³/mol. The third-order valence-corrected chi connectivity index (χ3v) is 2.73. The Balaban J connectivity index is 2.25. The van der Waals surface area contributed by atoms with Crippen molar-refractivity contribution < 1.29 is 8.78 Å². The molecule has 2 aromatic rings. The van der Waals surface area contributed by atoms with Crippen molar-refractivity contribution >= 4 is 0 Å². The minimum absolute atomic E-state index is 0.244. The quantitative estimate of drug-likeness (QED) is 0.680. The van der Waals surface area contributed by atoms with Gasteiger partial charge in [-0.15, -0.1) is 0 Å². The molecule has 0 aromatic heterocycles. The molecular weight excluding hydrogens is 218 g/mol. The van der Waals surface area contributed by atoms with Crippen LogP contribution in [0.5, 0.6) is 0 Å². The molecule has 0 spiro atoms. The van der Waals surface area contributed by atoms with Crippen molar-refractivity contribution in [1.29, 1.82) is 0 Å². The molecule has 0 fully saturated rings. The van der Waals surface area contributed by atoms with Gasteiger partial charge < -0.3 is 0 Å². The Labute approximate surface area is 99.9 Å². The van der Waals surface area contributed by atoms with Gasteiger partial charge in [0.05, 0.1) is 11.1 Å². The van der Waals surface area contributed by atoms with E-state index in [0.29, 0.717) is 11.1 Å². The lowest BCUT2D eigenvalue weighted by atomic mass is 10.0. The fourth-order valence-corrected chi connectivity index (χ4v) is 1.59. The second kappa shape index (κ2) is 4.58. The summed E-state index contributed by atoms with van der Waals surface area (Å²) in [5, 5.41) is 0. The van der Waals surface area contributed by atoms with Crippen molar-refractivity contribution in [3.8, 4) is 0 Å². The van der Waals surface area contributed by atoms with E-state index in [1.165, 1.54) is 12.1 Å². The Hall–Kier alpha value is -1.83. The van der Waals surface area contributed by atoms with E-state index in [4.69, 9.17) is 0 Å². The maximum atomic E-state index is 13.3. The van der Waals surface area contributed by atoms with Gasteiger partial charge in [0.15, 0.2) is 11.6 Å². The highest BCUT2D eigenvalue weighted by Gasteiger charge is 2.09. The van der Waals surface area contributed by atoms with Crippen LogP contribution in [-0.4, -0.2) is 0 Å². The highest BCUT2D eigenvalue weighted by molar-refractivity contribution is 5.39. The molecule has 0 unspecified atom stereocenters. The van der Waals surface area contributed by atoms with Crippen LogP contribution in [0, 0.1) is 31.9 Å². The predicted octanol–water partition coefficient (Wildman–Crippen LogP) is 4.18. The molecule has 0 saturated carbocycles. The second-order valence-electron chi connectivity index (χ2n) is 4.16. The zero-order chi connectivity index (χ0) is 12.4. The minimum atomic E-state index is -0.244. The summed E-state index contributed by atoms with van der Waals surface area (Å²) >= 11 is 0. The number of rotatable bonds is 2. The zero-order valence-corrected chi connectivity index (χ0v) is 9.80. The van der Waals surface area contributed by atoms with Gasteiger partial charge in [-0.3, -0.25) is 0 Å². The molecule has 2 heteroatoms. The monoisotopic (exact) mass is 231 g/mol. The topological polar surface area (TPSA) is 0 Å². The van der Waals surface area contributed by atoms with Gasteiger partial charge in [0.2, 0.25) is 0 Å². The normalized spacial score (nSPS) is 10.4. The maximum absolute atomic E-state index is 13.3. The molecule has 2 aromatic carbocycles. The smallest absolute Gasteiger partial charge is 0.160 e. The summed E-state index contributed by atoms with van der Waals surface area (Å²) < 4.78 is 26.7. The molecule has 17 heavy (non-hydrogen) atoms. The first-order valence-corrected chi connectivity index (χ1v) is 5.43. The fourth-order valence-electron chi connectivity index (χ4n) is 1.59. The Morgan fingerprint density at radius 1 is 0.765 bits per heavy atom. The molecule has 0 radical (unpaired) electrons. The third-order valence-electron chi connectivity index (χ3n) is 2.73. The summed E-state index contributed by atoms with van der Waals surface area (Å²) in [4.78, 5) is 0. The van der Waals surface area contributed by atoms with Crippen LogP contribution in [0.1, 0.15) is 22.3 Å². The highest BCUT2D eigenvalue weighted by atomic mass is 19.1. The molecule has 0 bridgehead atoms. The van der Waals surface area contributed by atoms with Crippen molar-refractivity contribution in [3.05, 3.63) is 76.7 Å². The fraction of sp³-hybridized carbons (Fsp3) is 0.133. The van der Waals surface area contributed by atoms with Gasteiger partial charge in [-0.25, -0.2) is 0 Å². The van der Waals surface area contributed by atoms with Crippen molar-refractivity contribution in [2.75, 3.05) is 0 Å². The number of hydrogen-bond acceptors (Lipinski definition) is 0. The van der Waals surface area contributed by atoms with Gasteiger partial charge in [0.25, 0.3) is 0 Å². The van der Waals surface area contributed by atoms with Gasteiger partial charge in [0.1, 0.15) is 0 Å². The number of aryl methyl sites for hydroxylation is 2. The number of benzene rings is 2. The molecule has 0 atom stereocenters. The van der Waals surface area contributed by atoms with Crippen LogP contribution in [0.25, 0.3) is 0 Å². The van der Waals surface area contributed by atoms with E-state index in [0.717, 1.165) is 11.1 Å². The van der Waals surface area contributed by atoms with E-state index in [9.17, 15) is 8.78 Å². The van der Waals surface area contributed by atoms with Crippen LogP contribution in [0.2, 0.25) is 0 Å². The van der Waals surface area contributed by atoms with Crippen molar-refractivity contribution in [2.24, 2.45) is 0 Å². The van der Waals surface area contributed by atoms with Crippen LogP contribution >= 0.6 is 0 Å². The maximum Gasteiger partial charge on any atom is 0.160 e. The van der Waals surface area contributed by atoms with E-state index in [2.05, 4.69) is 0 Å². The molecule has 0 aliphatic carbocycles. The lowest BCUT2D eigenvalue weighted by molar-refractivity contribution is 0.616. The summed E-state index contributed by atoms with van der Waals surface area (Å²) in [6.45, 7) is 3.43. The van der Waals surface area contributed by atoms with Crippen LogP contribution < -0.4 is 0 Å². The molecule has 0 amide bonds. The Kier molecular flexibility index (Phi) is 3.14. The zero-order valence-electron chi connectivity index (χ0n) is 9.80. The largest absolute Gasteiger partial charge is 0.197 e. The molecule has 0 saturated heterocycles. The molecular formula is C15H13F2+. The summed E-state index contributed by atoms with van der Waals surface area (Å²) in [6.07, 6.45) is 1.76. The summed E-state index contributed by atoms with van der Waals surface area (Å²) in [5.74, 6) is -0.488. The average molecular weight is 231 g/mol.